The van der Waals surface area contributed by atoms with Crippen LogP contribution in [0.4, 0.5) is 8.78 Å². The molecule has 4 nitrogen and oxygen atoms in total. The fourth-order valence-electron chi connectivity index (χ4n) is 4.56. The van der Waals surface area contributed by atoms with Crippen LogP contribution in [0.25, 0.3) is 5.57 Å². The van der Waals surface area contributed by atoms with Gasteiger partial charge in [-0.15, -0.1) is 23.4 Å². The van der Waals surface area contributed by atoms with E-state index in [1.807, 2.05) is 0 Å². The summed E-state index contributed by atoms with van der Waals surface area (Å²) in [6.45, 7) is 2.22. The van der Waals surface area contributed by atoms with Crippen molar-refractivity contribution in [3.8, 4) is 0 Å². The van der Waals surface area contributed by atoms with E-state index in [0.29, 0.717) is 22.2 Å². The number of nitrogens with zero attached hydrogens (tertiary/aromatic N) is 4. The standard InChI is InChI=1S/C23H22Cl2F2N4S/c1-13(26)31-7-6-18(29-31)21-19-9-14(11-24)12-30(19)23(20-3-2-8-32-20)28-22(21)16-5-4-15(27)10-17(16)25/h2,4-8,10,13-14,20,22H,3,9,11-12H2,1H3/t13?,14-,20?,22+/m1/s1. The van der Waals surface area contributed by atoms with Gasteiger partial charge in [0.15, 0.2) is 6.30 Å². The molecule has 1 saturated heterocycles. The SMILES string of the molecule is CC(F)n1ccc(C2=C3C[C@H](CCl)CN3C(C3CC=CS3)=N[C@H]2c2ccc(F)cc2Cl)n1. The van der Waals surface area contributed by atoms with E-state index in [1.54, 1.807) is 30.1 Å². The average molecular weight is 495 g/mol. The van der Waals surface area contributed by atoms with Gasteiger partial charge in [-0.3, -0.25) is 4.99 Å². The number of amidine groups is 1. The number of thioether (sulfide) groups is 1. The molecule has 1 aromatic carbocycles. The second kappa shape index (κ2) is 8.84. The van der Waals surface area contributed by atoms with Gasteiger partial charge in [-0.2, -0.15) is 5.10 Å². The fourth-order valence-corrected chi connectivity index (χ4v) is 5.98. The van der Waals surface area contributed by atoms with E-state index in [9.17, 15) is 8.78 Å². The maximum absolute atomic E-state index is 14.0. The fraction of sp³-hybridized carbons (Fsp3) is 0.391. The van der Waals surface area contributed by atoms with Crippen molar-refractivity contribution in [3.63, 3.8) is 0 Å². The zero-order chi connectivity index (χ0) is 22.4. The van der Waals surface area contributed by atoms with Gasteiger partial charge in [0.05, 0.1) is 10.9 Å². The molecule has 3 aliphatic rings. The summed E-state index contributed by atoms with van der Waals surface area (Å²) in [7, 11) is 0. The predicted molar refractivity (Wildman–Crippen MR) is 127 cm³/mol. The molecule has 2 unspecified atom stereocenters. The molecule has 5 rings (SSSR count). The number of rotatable bonds is 5. The summed E-state index contributed by atoms with van der Waals surface area (Å²) < 4.78 is 29.1. The summed E-state index contributed by atoms with van der Waals surface area (Å²) in [5.74, 6) is 1.39. The first-order valence-corrected chi connectivity index (χ1v) is 12.4. The number of hydrogen-bond donors (Lipinski definition) is 0. The zero-order valence-corrected chi connectivity index (χ0v) is 19.7. The molecule has 3 aliphatic heterocycles. The van der Waals surface area contributed by atoms with Crippen molar-refractivity contribution < 1.29 is 8.78 Å². The van der Waals surface area contributed by atoms with E-state index in [0.717, 1.165) is 36.5 Å². The minimum absolute atomic E-state index is 0.200. The van der Waals surface area contributed by atoms with Crippen LogP contribution in [0, 0.1) is 11.7 Å². The summed E-state index contributed by atoms with van der Waals surface area (Å²) in [5.41, 5.74) is 3.33. The van der Waals surface area contributed by atoms with E-state index >= 15 is 0 Å². The highest BCUT2D eigenvalue weighted by molar-refractivity contribution is 8.03. The van der Waals surface area contributed by atoms with Crippen molar-refractivity contribution in [2.24, 2.45) is 10.9 Å². The van der Waals surface area contributed by atoms with E-state index in [-0.39, 0.29) is 11.2 Å². The number of benzene rings is 1. The van der Waals surface area contributed by atoms with Crippen molar-refractivity contribution in [1.82, 2.24) is 14.7 Å². The highest BCUT2D eigenvalue weighted by atomic mass is 35.5. The molecule has 0 radical (unpaired) electrons. The highest BCUT2D eigenvalue weighted by Crippen LogP contribution is 2.48. The summed E-state index contributed by atoms with van der Waals surface area (Å²) in [4.78, 5) is 7.44. The molecule has 32 heavy (non-hydrogen) atoms. The number of hydrogen-bond acceptors (Lipinski definition) is 4. The number of fused-ring (bicyclic) bond motifs is 1. The van der Waals surface area contributed by atoms with Gasteiger partial charge in [-0.05, 0) is 49.3 Å². The Kier molecular flexibility index (Phi) is 6.07. The van der Waals surface area contributed by atoms with Gasteiger partial charge in [-0.1, -0.05) is 23.7 Å². The number of allylic oxidation sites excluding steroid dienone is 2. The number of aromatic nitrogens is 2. The van der Waals surface area contributed by atoms with Crippen LogP contribution in [0.2, 0.25) is 5.02 Å². The summed E-state index contributed by atoms with van der Waals surface area (Å²) >= 11 is 14.5. The van der Waals surface area contributed by atoms with Crippen LogP contribution < -0.4 is 0 Å². The smallest absolute Gasteiger partial charge is 0.188 e. The first-order valence-electron chi connectivity index (χ1n) is 10.6. The number of alkyl halides is 2. The molecule has 4 heterocycles. The predicted octanol–water partition coefficient (Wildman–Crippen LogP) is 6.61. The molecular formula is C23H22Cl2F2N4S. The molecule has 1 fully saturated rings. The van der Waals surface area contributed by atoms with Crippen molar-refractivity contribution in [2.75, 3.05) is 12.4 Å². The third kappa shape index (κ3) is 3.88. The van der Waals surface area contributed by atoms with Gasteiger partial charge in [0.1, 0.15) is 17.7 Å². The van der Waals surface area contributed by atoms with Gasteiger partial charge in [0.2, 0.25) is 0 Å². The van der Waals surface area contributed by atoms with Gasteiger partial charge in [-0.25, -0.2) is 13.5 Å². The van der Waals surface area contributed by atoms with Crippen LogP contribution in [0.3, 0.4) is 0 Å². The molecule has 4 atom stereocenters. The monoisotopic (exact) mass is 494 g/mol. The van der Waals surface area contributed by atoms with Crippen molar-refractivity contribution in [2.45, 2.75) is 37.4 Å². The summed E-state index contributed by atoms with van der Waals surface area (Å²) in [6.07, 6.45) is 4.20. The van der Waals surface area contributed by atoms with Crippen molar-refractivity contribution >= 4 is 46.4 Å². The maximum atomic E-state index is 14.0. The first-order chi connectivity index (χ1) is 15.5. The lowest BCUT2D eigenvalue weighted by Crippen LogP contribution is -2.38. The van der Waals surface area contributed by atoms with Crippen LogP contribution in [-0.2, 0) is 0 Å². The lowest BCUT2D eigenvalue weighted by Gasteiger charge is -2.35. The molecular weight excluding hydrogens is 473 g/mol. The number of aliphatic imine (C=N–C) groups is 1. The van der Waals surface area contributed by atoms with Gasteiger partial charge < -0.3 is 4.90 Å². The molecule has 168 valence electrons. The van der Waals surface area contributed by atoms with E-state index in [4.69, 9.17) is 28.2 Å². The Morgan fingerprint density at radius 3 is 2.81 bits per heavy atom. The minimum atomic E-state index is -1.25. The first kappa shape index (κ1) is 22.0. The highest BCUT2D eigenvalue weighted by Gasteiger charge is 2.41. The third-order valence-corrected chi connectivity index (χ3v) is 7.92. The third-order valence-electron chi connectivity index (χ3n) is 6.07. The molecule has 0 amide bonds. The lowest BCUT2D eigenvalue weighted by atomic mass is 9.91. The van der Waals surface area contributed by atoms with Crippen LogP contribution in [0.15, 0.2) is 52.6 Å². The molecule has 9 heteroatoms. The molecule has 0 spiro atoms. The second-order valence-electron chi connectivity index (χ2n) is 8.24. The van der Waals surface area contributed by atoms with Gasteiger partial charge >= 0.3 is 0 Å². The van der Waals surface area contributed by atoms with Gasteiger partial charge in [0.25, 0.3) is 0 Å². The summed E-state index contributed by atoms with van der Waals surface area (Å²) in [5, 5.41) is 7.12. The Morgan fingerprint density at radius 2 is 2.16 bits per heavy atom. The van der Waals surface area contributed by atoms with Crippen LogP contribution in [0.5, 0.6) is 0 Å². The zero-order valence-electron chi connectivity index (χ0n) is 17.4. The summed E-state index contributed by atoms with van der Waals surface area (Å²) in [6, 6.07) is 5.74. The second-order valence-corrected chi connectivity index (χ2v) is 10.1. The molecule has 0 aliphatic carbocycles. The Morgan fingerprint density at radius 1 is 1.31 bits per heavy atom. The maximum Gasteiger partial charge on any atom is 0.188 e. The Bertz CT molecular complexity index is 1120. The van der Waals surface area contributed by atoms with Crippen molar-refractivity contribution in [1.29, 1.82) is 0 Å². The quantitative estimate of drug-likeness (QED) is 0.438. The molecule has 0 bridgehead atoms. The van der Waals surface area contributed by atoms with Crippen LogP contribution >= 0.6 is 35.0 Å². The average Bonchev–Trinajstić information content (AvgIpc) is 3.52. The lowest BCUT2D eigenvalue weighted by molar-refractivity contribution is 0.245. The molecule has 2 aromatic rings. The number of halogens is 4. The van der Waals surface area contributed by atoms with E-state index in [1.165, 1.54) is 23.7 Å². The van der Waals surface area contributed by atoms with Crippen molar-refractivity contribution in [3.05, 3.63) is 69.7 Å². The Hall–Kier alpha value is -1.83. The van der Waals surface area contributed by atoms with Crippen LogP contribution in [0.1, 0.15) is 43.4 Å². The van der Waals surface area contributed by atoms with Gasteiger partial charge in [0, 0.05) is 40.5 Å². The Balaban J connectivity index is 1.69. The Labute approximate surface area is 200 Å². The molecule has 0 N–H and O–H groups in total. The molecule has 1 aromatic heterocycles. The normalized spacial score (nSPS) is 26.0. The molecule has 0 saturated carbocycles. The van der Waals surface area contributed by atoms with E-state index in [2.05, 4.69) is 21.5 Å². The topological polar surface area (TPSA) is 33.4 Å². The largest absolute Gasteiger partial charge is 0.332 e. The van der Waals surface area contributed by atoms with E-state index < -0.39 is 18.2 Å². The van der Waals surface area contributed by atoms with Crippen LogP contribution in [-0.4, -0.2) is 38.2 Å². The minimum Gasteiger partial charge on any atom is -0.332 e.